The van der Waals surface area contributed by atoms with Crippen LogP contribution in [0.1, 0.15) is 43.4 Å². The number of nitrogens with zero attached hydrogens (tertiary/aromatic N) is 1. The van der Waals surface area contributed by atoms with E-state index in [4.69, 9.17) is 16.1 Å². The van der Waals surface area contributed by atoms with Crippen molar-refractivity contribution in [3.8, 4) is 5.75 Å². The summed E-state index contributed by atoms with van der Waals surface area (Å²) in [5, 5.41) is 15.6. The van der Waals surface area contributed by atoms with E-state index in [9.17, 15) is 18.3 Å². The molecule has 0 amide bonds. The minimum atomic E-state index is -3.86. The highest BCUT2D eigenvalue weighted by Crippen LogP contribution is 2.32. The van der Waals surface area contributed by atoms with Crippen LogP contribution in [0.25, 0.3) is 0 Å². The lowest BCUT2D eigenvalue weighted by atomic mass is 9.94. The first-order valence-electron chi connectivity index (χ1n) is 8.75. The molecule has 0 radical (unpaired) electrons. The van der Waals surface area contributed by atoms with Crippen molar-refractivity contribution < 1.29 is 22.8 Å². The monoisotopic (exact) mass is 453 g/mol. The van der Waals surface area contributed by atoms with E-state index in [1.807, 2.05) is 13.0 Å². The van der Waals surface area contributed by atoms with E-state index >= 15 is 0 Å². The third-order valence-corrected chi connectivity index (χ3v) is 8.04. The summed E-state index contributed by atoms with van der Waals surface area (Å²) in [6.45, 7) is 7.02. The minimum Gasteiger partial charge on any atom is -0.507 e. The van der Waals surface area contributed by atoms with Crippen molar-refractivity contribution in [3.05, 3.63) is 61.1 Å². The maximum atomic E-state index is 13.0. The summed E-state index contributed by atoms with van der Waals surface area (Å²) in [7, 11) is -3.86. The molecule has 9 heteroatoms. The van der Waals surface area contributed by atoms with Gasteiger partial charge in [0.15, 0.2) is 21.4 Å². The summed E-state index contributed by atoms with van der Waals surface area (Å²) >= 11 is 7.11. The minimum absolute atomic E-state index is 0.00326. The topological polar surface area (TPSA) is 97.5 Å². The molecule has 1 N–H and O–H groups in total. The Bertz CT molecular complexity index is 1210. The Morgan fingerprint density at radius 1 is 1.24 bits per heavy atom. The number of sulfone groups is 1. The number of hydrogen-bond acceptors (Lipinski definition) is 7. The van der Waals surface area contributed by atoms with Gasteiger partial charge in [0, 0.05) is 6.42 Å². The van der Waals surface area contributed by atoms with Gasteiger partial charge in [0.25, 0.3) is 0 Å². The van der Waals surface area contributed by atoms with Gasteiger partial charge < -0.3 is 9.63 Å². The van der Waals surface area contributed by atoms with Crippen LogP contribution in [0.4, 0.5) is 0 Å². The van der Waals surface area contributed by atoms with Crippen molar-refractivity contribution in [2.75, 3.05) is 0 Å². The number of halogens is 1. The van der Waals surface area contributed by atoms with E-state index < -0.39 is 15.6 Å². The van der Waals surface area contributed by atoms with Gasteiger partial charge in [0.1, 0.15) is 16.5 Å². The molecule has 2 aromatic heterocycles. The van der Waals surface area contributed by atoms with E-state index in [1.165, 1.54) is 6.07 Å². The summed E-state index contributed by atoms with van der Waals surface area (Å²) < 4.78 is 30.8. The Morgan fingerprint density at radius 2 is 1.93 bits per heavy atom. The van der Waals surface area contributed by atoms with Crippen LogP contribution in [0.2, 0.25) is 5.02 Å². The molecule has 6 nitrogen and oxygen atoms in total. The number of aromatic nitrogens is 1. The number of ketones is 1. The van der Waals surface area contributed by atoms with Gasteiger partial charge in [-0.1, -0.05) is 22.8 Å². The molecule has 0 aliphatic carbocycles. The molecule has 2 heterocycles. The second kappa shape index (κ2) is 7.93. The summed E-state index contributed by atoms with van der Waals surface area (Å²) in [6.07, 6.45) is -0.00326. The van der Waals surface area contributed by atoms with Crippen LogP contribution < -0.4 is 0 Å². The fraction of sp³-hybridized carbons (Fsp3) is 0.300. The number of carbonyl (C=O) groups excluding carboxylic acids is 1. The predicted molar refractivity (Wildman–Crippen MR) is 112 cm³/mol. The number of aryl methyl sites for hydroxylation is 3. The maximum absolute atomic E-state index is 13.0. The van der Waals surface area contributed by atoms with E-state index in [-0.39, 0.29) is 38.5 Å². The smallest absolute Gasteiger partial charge is 0.187 e. The predicted octanol–water partition coefficient (Wildman–Crippen LogP) is 4.73. The number of phenols is 1. The first-order chi connectivity index (χ1) is 13.5. The second-order valence-corrected chi connectivity index (χ2v) is 10.2. The van der Waals surface area contributed by atoms with Crippen molar-refractivity contribution in [1.29, 1.82) is 0 Å². The molecule has 0 bridgehead atoms. The quantitative estimate of drug-likeness (QED) is 0.542. The SMILES string of the molecule is Cc1cc(C)c(CC(=O)c2sccc2S(=O)(=O)Cc2onc(C)c2Cl)c(C)c1O. The van der Waals surface area contributed by atoms with Crippen LogP contribution in [0.3, 0.4) is 0 Å². The van der Waals surface area contributed by atoms with E-state index in [1.54, 1.807) is 26.2 Å². The third kappa shape index (κ3) is 4.10. The number of phenolic OH excluding ortho intramolecular Hbond substituents is 1. The number of thiophene rings is 1. The molecule has 154 valence electrons. The number of aromatic hydroxyl groups is 1. The molecule has 0 saturated carbocycles. The fourth-order valence-electron chi connectivity index (χ4n) is 3.22. The van der Waals surface area contributed by atoms with Crippen molar-refractivity contribution in [2.24, 2.45) is 0 Å². The Labute approximate surface area is 178 Å². The number of hydrogen-bond donors (Lipinski definition) is 1. The van der Waals surface area contributed by atoms with Crippen LogP contribution in [0.5, 0.6) is 5.75 Å². The van der Waals surface area contributed by atoms with Crippen LogP contribution in [0.15, 0.2) is 26.9 Å². The van der Waals surface area contributed by atoms with Crippen molar-refractivity contribution in [3.63, 3.8) is 0 Å². The Morgan fingerprint density at radius 3 is 2.55 bits per heavy atom. The molecule has 29 heavy (non-hydrogen) atoms. The fourth-order valence-corrected chi connectivity index (χ4v) is 6.14. The summed E-state index contributed by atoms with van der Waals surface area (Å²) in [5.41, 5.74) is 3.33. The molecule has 0 spiro atoms. The highest BCUT2D eigenvalue weighted by Gasteiger charge is 2.28. The molecule has 0 aliphatic rings. The van der Waals surface area contributed by atoms with Crippen molar-refractivity contribution in [1.82, 2.24) is 5.16 Å². The molecule has 0 unspecified atom stereocenters. The van der Waals surface area contributed by atoms with Gasteiger partial charge in [-0.05, 0) is 61.4 Å². The lowest BCUT2D eigenvalue weighted by molar-refractivity contribution is 0.0993. The summed E-state index contributed by atoms with van der Waals surface area (Å²) in [5.74, 6) is -0.614. The average molecular weight is 454 g/mol. The zero-order chi connectivity index (χ0) is 21.5. The van der Waals surface area contributed by atoms with E-state index in [0.29, 0.717) is 16.8 Å². The van der Waals surface area contributed by atoms with Gasteiger partial charge in [-0.2, -0.15) is 0 Å². The van der Waals surface area contributed by atoms with Gasteiger partial charge in [-0.3, -0.25) is 4.79 Å². The molecule has 3 aromatic rings. The van der Waals surface area contributed by atoms with Gasteiger partial charge in [0.05, 0.1) is 15.5 Å². The molecule has 3 rings (SSSR count). The Kier molecular flexibility index (Phi) is 5.89. The zero-order valence-electron chi connectivity index (χ0n) is 16.4. The lowest BCUT2D eigenvalue weighted by Gasteiger charge is -2.13. The van der Waals surface area contributed by atoms with Gasteiger partial charge >= 0.3 is 0 Å². The molecular formula is C20H20ClNO5S2. The first-order valence-corrected chi connectivity index (χ1v) is 11.7. The number of Topliss-reactive ketones (excluding diaryl/α,β-unsaturated/α-hetero) is 1. The molecular weight excluding hydrogens is 434 g/mol. The largest absolute Gasteiger partial charge is 0.507 e. The summed E-state index contributed by atoms with van der Waals surface area (Å²) in [6, 6.07) is 3.22. The number of benzene rings is 1. The number of carbonyl (C=O) groups is 1. The van der Waals surface area contributed by atoms with E-state index in [0.717, 1.165) is 22.5 Å². The standard InChI is InChI=1S/C20H20ClNO5S2/c1-10-7-11(2)19(24)12(3)14(10)8-15(23)20-17(5-6-28-20)29(25,26)9-16-18(21)13(4)22-27-16/h5-7,24H,8-9H2,1-4H3. The van der Waals surface area contributed by atoms with Gasteiger partial charge in [-0.15, -0.1) is 11.3 Å². The van der Waals surface area contributed by atoms with Crippen LogP contribution >= 0.6 is 22.9 Å². The Hall–Kier alpha value is -2.16. The average Bonchev–Trinajstić information content (AvgIpc) is 3.26. The van der Waals surface area contributed by atoms with Gasteiger partial charge in [0.2, 0.25) is 0 Å². The molecule has 1 aromatic carbocycles. The second-order valence-electron chi connectivity index (χ2n) is 6.94. The molecule has 0 saturated heterocycles. The van der Waals surface area contributed by atoms with E-state index in [2.05, 4.69) is 5.16 Å². The molecule has 0 atom stereocenters. The van der Waals surface area contributed by atoms with Crippen molar-refractivity contribution >= 4 is 38.6 Å². The molecule has 0 aliphatic heterocycles. The first kappa shape index (κ1) is 21.5. The number of rotatable bonds is 6. The highest BCUT2D eigenvalue weighted by atomic mass is 35.5. The third-order valence-electron chi connectivity index (χ3n) is 4.82. The van der Waals surface area contributed by atoms with Crippen LogP contribution in [0, 0.1) is 27.7 Å². The summed E-state index contributed by atoms with van der Waals surface area (Å²) in [4.78, 5) is 13.1. The lowest BCUT2D eigenvalue weighted by Crippen LogP contribution is -2.12. The van der Waals surface area contributed by atoms with Gasteiger partial charge in [-0.25, -0.2) is 8.42 Å². The Balaban J connectivity index is 1.93. The normalized spacial score (nSPS) is 11.8. The highest BCUT2D eigenvalue weighted by molar-refractivity contribution is 7.90. The van der Waals surface area contributed by atoms with Crippen molar-refractivity contribution in [2.45, 2.75) is 44.8 Å². The molecule has 0 fully saturated rings. The zero-order valence-corrected chi connectivity index (χ0v) is 18.8. The van der Waals surface area contributed by atoms with Crippen LogP contribution in [-0.2, 0) is 22.0 Å². The maximum Gasteiger partial charge on any atom is 0.187 e. The van der Waals surface area contributed by atoms with Crippen LogP contribution in [-0.4, -0.2) is 24.5 Å².